The molecule has 3 aromatic rings. The maximum atomic E-state index is 12.0. The van der Waals surface area contributed by atoms with E-state index in [0.29, 0.717) is 11.4 Å². The fourth-order valence-electron chi connectivity index (χ4n) is 3.80. The van der Waals surface area contributed by atoms with E-state index >= 15 is 0 Å². The van der Waals surface area contributed by atoms with Crippen molar-refractivity contribution >= 4 is 58.2 Å². The Morgan fingerprint density at radius 1 is 1.11 bits per heavy atom. The lowest BCUT2D eigenvalue weighted by Gasteiger charge is -2.41. The standard InChI is InChI=1S/C24H25Cl3N4O4S/c1-14-19(12-36-23-30-28-13-31(23)2)34-21(35-20(14)16-5-3-15(11-32)4-6-16)17-7-9-18(10-8-17)29-22(33)24(25,26)27/h3-10,13-14,19-21,32H,11-12H2,1-2H3,(H,29,33). The number of nitrogens with one attached hydrogen (secondary N) is 1. The summed E-state index contributed by atoms with van der Waals surface area (Å²) in [4.78, 5) is 12.0. The molecule has 4 rings (SSSR count). The van der Waals surface area contributed by atoms with Crippen molar-refractivity contribution < 1.29 is 19.4 Å². The lowest BCUT2D eigenvalue weighted by atomic mass is 9.91. The van der Waals surface area contributed by atoms with Crippen LogP contribution in [0.25, 0.3) is 0 Å². The molecule has 0 saturated carbocycles. The third-order valence-corrected chi connectivity index (χ3v) is 7.51. The van der Waals surface area contributed by atoms with Crippen LogP contribution in [0.1, 0.15) is 36.0 Å². The van der Waals surface area contributed by atoms with Gasteiger partial charge in [-0.15, -0.1) is 10.2 Å². The van der Waals surface area contributed by atoms with Crippen LogP contribution >= 0.6 is 46.6 Å². The summed E-state index contributed by atoms with van der Waals surface area (Å²) in [6.07, 6.45) is 0.613. The molecule has 0 bridgehead atoms. The van der Waals surface area contributed by atoms with Gasteiger partial charge in [-0.1, -0.05) is 89.9 Å². The molecule has 0 aliphatic carbocycles. The van der Waals surface area contributed by atoms with E-state index in [2.05, 4.69) is 22.4 Å². The van der Waals surface area contributed by atoms with Crippen LogP contribution in [0.3, 0.4) is 0 Å². The average molecular weight is 572 g/mol. The van der Waals surface area contributed by atoms with Crippen LogP contribution in [0.15, 0.2) is 60.0 Å². The maximum absolute atomic E-state index is 12.0. The van der Waals surface area contributed by atoms with E-state index in [9.17, 15) is 9.90 Å². The van der Waals surface area contributed by atoms with Crippen LogP contribution < -0.4 is 5.32 Å². The molecule has 2 heterocycles. The van der Waals surface area contributed by atoms with Gasteiger partial charge >= 0.3 is 0 Å². The van der Waals surface area contributed by atoms with Crippen molar-refractivity contribution in [1.82, 2.24) is 14.8 Å². The van der Waals surface area contributed by atoms with Crippen molar-refractivity contribution in [3.05, 3.63) is 71.5 Å². The summed E-state index contributed by atoms with van der Waals surface area (Å²) in [7, 11) is 1.90. The molecule has 2 aromatic carbocycles. The number of anilines is 1. The van der Waals surface area contributed by atoms with Crippen LogP contribution in [0, 0.1) is 5.92 Å². The van der Waals surface area contributed by atoms with Gasteiger partial charge in [0.15, 0.2) is 11.4 Å². The van der Waals surface area contributed by atoms with E-state index in [0.717, 1.165) is 21.8 Å². The number of amides is 1. The van der Waals surface area contributed by atoms with Gasteiger partial charge in [-0.2, -0.15) is 0 Å². The molecule has 1 fully saturated rings. The Balaban J connectivity index is 1.55. The number of carbonyl (C=O) groups excluding carboxylic acids is 1. The normalized spacial score (nSPS) is 22.4. The second-order valence-electron chi connectivity index (χ2n) is 8.43. The summed E-state index contributed by atoms with van der Waals surface area (Å²) in [5.74, 6) is -0.0628. The average Bonchev–Trinajstić information content (AvgIpc) is 3.28. The number of ether oxygens (including phenoxy) is 2. The Kier molecular flexibility index (Phi) is 8.83. The Bertz CT molecular complexity index is 1170. The maximum Gasteiger partial charge on any atom is 0.276 e. The van der Waals surface area contributed by atoms with Gasteiger partial charge in [0, 0.05) is 30.0 Å². The summed E-state index contributed by atoms with van der Waals surface area (Å²) in [6.45, 7) is 2.07. The smallest absolute Gasteiger partial charge is 0.276 e. The Morgan fingerprint density at radius 2 is 1.78 bits per heavy atom. The highest BCUT2D eigenvalue weighted by atomic mass is 35.6. The minimum atomic E-state index is -2.06. The molecule has 192 valence electrons. The van der Waals surface area contributed by atoms with Crippen LogP contribution in [-0.2, 0) is 27.9 Å². The van der Waals surface area contributed by atoms with Gasteiger partial charge in [-0.25, -0.2) is 0 Å². The van der Waals surface area contributed by atoms with Gasteiger partial charge in [0.05, 0.1) is 18.8 Å². The quantitative estimate of drug-likeness (QED) is 0.297. The fraction of sp³-hybridized carbons (Fsp3) is 0.375. The number of aromatic nitrogens is 3. The second-order valence-corrected chi connectivity index (χ2v) is 11.7. The summed E-state index contributed by atoms with van der Waals surface area (Å²) in [6, 6.07) is 14.7. The van der Waals surface area contributed by atoms with Crippen LogP contribution in [0.2, 0.25) is 0 Å². The number of rotatable bonds is 7. The molecule has 1 aromatic heterocycles. The zero-order valence-corrected chi connectivity index (χ0v) is 22.6. The van der Waals surface area contributed by atoms with E-state index in [4.69, 9.17) is 44.3 Å². The number of aliphatic hydroxyl groups is 1. The number of benzene rings is 2. The molecule has 0 radical (unpaired) electrons. The first kappa shape index (κ1) is 27.2. The van der Waals surface area contributed by atoms with E-state index in [-0.39, 0.29) is 24.7 Å². The number of nitrogens with zero attached hydrogens (tertiary/aromatic N) is 3. The highest BCUT2D eigenvalue weighted by Crippen LogP contribution is 2.43. The van der Waals surface area contributed by atoms with Crippen LogP contribution in [-0.4, -0.2) is 41.4 Å². The van der Waals surface area contributed by atoms with Gasteiger partial charge in [0.2, 0.25) is 0 Å². The number of alkyl halides is 3. The van der Waals surface area contributed by atoms with Crippen molar-refractivity contribution in [2.24, 2.45) is 13.0 Å². The molecule has 12 heteroatoms. The molecule has 1 amide bonds. The van der Waals surface area contributed by atoms with Crippen LogP contribution in [0.4, 0.5) is 5.69 Å². The summed E-state index contributed by atoms with van der Waals surface area (Å²) >= 11 is 18.5. The largest absolute Gasteiger partial charge is 0.392 e. The van der Waals surface area contributed by atoms with Crippen LogP contribution in [0.5, 0.6) is 0 Å². The van der Waals surface area contributed by atoms with Crippen molar-refractivity contribution in [3.63, 3.8) is 0 Å². The fourth-order valence-corrected chi connectivity index (χ4v) is 4.99. The molecule has 1 aliphatic rings. The molecular weight excluding hydrogens is 547 g/mol. The molecular formula is C24H25Cl3N4O4S. The monoisotopic (exact) mass is 570 g/mol. The first-order chi connectivity index (χ1) is 17.2. The Hall–Kier alpha value is -1.85. The number of thioether (sulfide) groups is 1. The molecule has 4 unspecified atom stereocenters. The molecule has 4 atom stereocenters. The number of hydrogen-bond acceptors (Lipinski definition) is 7. The molecule has 0 spiro atoms. The van der Waals surface area contributed by atoms with E-state index in [1.54, 1.807) is 42.4 Å². The number of hydrogen-bond donors (Lipinski definition) is 2. The highest BCUT2D eigenvalue weighted by molar-refractivity contribution is 7.99. The highest BCUT2D eigenvalue weighted by Gasteiger charge is 2.38. The first-order valence-corrected chi connectivity index (χ1v) is 13.2. The van der Waals surface area contributed by atoms with Crippen molar-refractivity contribution in [1.29, 1.82) is 0 Å². The molecule has 1 aliphatic heterocycles. The van der Waals surface area contributed by atoms with Crippen molar-refractivity contribution in [2.45, 2.75) is 41.0 Å². The number of carbonyl (C=O) groups is 1. The summed E-state index contributed by atoms with van der Waals surface area (Å²) in [5.41, 5.74) is 3.08. The summed E-state index contributed by atoms with van der Waals surface area (Å²) in [5, 5.41) is 20.9. The van der Waals surface area contributed by atoms with Gasteiger partial charge < -0.3 is 24.5 Å². The third-order valence-electron chi connectivity index (χ3n) is 5.87. The van der Waals surface area contributed by atoms with Gasteiger partial charge in [0.1, 0.15) is 6.33 Å². The zero-order chi connectivity index (χ0) is 25.9. The molecule has 1 saturated heterocycles. The van der Waals surface area contributed by atoms with Gasteiger partial charge in [-0.05, 0) is 23.3 Å². The number of aryl methyl sites for hydroxylation is 1. The van der Waals surface area contributed by atoms with Gasteiger partial charge in [0.25, 0.3) is 9.70 Å². The molecule has 36 heavy (non-hydrogen) atoms. The molecule has 8 nitrogen and oxygen atoms in total. The number of halogens is 3. The lowest BCUT2D eigenvalue weighted by Crippen LogP contribution is -2.38. The third kappa shape index (κ3) is 6.52. The Morgan fingerprint density at radius 3 is 2.36 bits per heavy atom. The first-order valence-electron chi connectivity index (χ1n) is 11.1. The summed E-state index contributed by atoms with van der Waals surface area (Å²) < 4.78 is 12.6. The zero-order valence-electron chi connectivity index (χ0n) is 19.5. The topological polar surface area (TPSA) is 98.5 Å². The van der Waals surface area contributed by atoms with Crippen molar-refractivity contribution in [2.75, 3.05) is 11.1 Å². The Labute approximate surface area is 228 Å². The van der Waals surface area contributed by atoms with E-state index < -0.39 is 16.0 Å². The predicted molar refractivity (Wildman–Crippen MR) is 140 cm³/mol. The molecule has 2 N–H and O–H groups in total. The lowest BCUT2D eigenvalue weighted by molar-refractivity contribution is -0.268. The number of aliphatic hydroxyl groups excluding tert-OH is 1. The predicted octanol–water partition coefficient (Wildman–Crippen LogP) is 5.20. The minimum Gasteiger partial charge on any atom is -0.392 e. The van der Waals surface area contributed by atoms with Crippen molar-refractivity contribution in [3.8, 4) is 0 Å². The second kappa shape index (κ2) is 11.7. The van der Waals surface area contributed by atoms with E-state index in [1.807, 2.05) is 35.9 Å². The SMILES string of the molecule is CC1C(CSc2nncn2C)OC(c2ccc(NC(=O)C(Cl)(Cl)Cl)cc2)OC1c1ccc(CO)cc1. The van der Waals surface area contributed by atoms with E-state index in [1.165, 1.54) is 0 Å². The minimum absolute atomic E-state index is 0.0226. The van der Waals surface area contributed by atoms with Gasteiger partial charge in [-0.3, -0.25) is 4.79 Å².